The molecular formula is C13H23N3S. The molecule has 1 aromatic rings. The predicted octanol–water partition coefficient (Wildman–Crippen LogP) is 2.98. The molecule has 1 heterocycles. The first-order chi connectivity index (χ1) is 8.20. The van der Waals surface area contributed by atoms with Crippen LogP contribution in [0.4, 0.5) is 0 Å². The second-order valence-corrected chi connectivity index (χ2v) is 6.17. The van der Waals surface area contributed by atoms with Gasteiger partial charge in [-0.15, -0.1) is 0 Å². The number of aromatic nitrogens is 2. The van der Waals surface area contributed by atoms with Crippen LogP contribution in [0.15, 0.2) is 0 Å². The van der Waals surface area contributed by atoms with Gasteiger partial charge in [0.25, 0.3) is 0 Å². The summed E-state index contributed by atoms with van der Waals surface area (Å²) in [7, 11) is 0. The van der Waals surface area contributed by atoms with E-state index in [0.717, 1.165) is 18.8 Å². The van der Waals surface area contributed by atoms with E-state index in [-0.39, 0.29) is 0 Å². The van der Waals surface area contributed by atoms with Crippen molar-refractivity contribution in [3.63, 3.8) is 0 Å². The third-order valence-electron chi connectivity index (χ3n) is 3.28. The minimum absolute atomic E-state index is 0.537. The van der Waals surface area contributed by atoms with Crippen molar-refractivity contribution < 1.29 is 0 Å². The fourth-order valence-corrected chi connectivity index (χ4v) is 2.70. The average Bonchev–Trinajstić information content (AvgIpc) is 3.05. The van der Waals surface area contributed by atoms with Crippen molar-refractivity contribution in [2.24, 2.45) is 5.92 Å². The molecule has 3 nitrogen and oxygen atoms in total. The first-order valence-electron chi connectivity index (χ1n) is 6.76. The third-order valence-corrected chi connectivity index (χ3v) is 4.03. The molecule has 1 aromatic heterocycles. The highest BCUT2D eigenvalue weighted by atomic mass is 32.1. The zero-order valence-electron chi connectivity index (χ0n) is 11.1. The molecule has 1 saturated carbocycles. The van der Waals surface area contributed by atoms with Gasteiger partial charge in [0.2, 0.25) is 0 Å². The summed E-state index contributed by atoms with van der Waals surface area (Å²) in [5, 5.41) is 4.81. The SMILES string of the molecule is CCCNC(Cc1nc(C2CC2)ns1)C(C)C. The Hall–Kier alpha value is -0.480. The van der Waals surface area contributed by atoms with Crippen LogP contribution in [0.3, 0.4) is 0 Å². The number of hydrogen-bond acceptors (Lipinski definition) is 4. The lowest BCUT2D eigenvalue weighted by molar-refractivity contribution is 0.397. The molecule has 2 rings (SSSR count). The van der Waals surface area contributed by atoms with E-state index in [1.165, 1.54) is 24.3 Å². The van der Waals surface area contributed by atoms with Crippen LogP contribution in [0.1, 0.15) is 56.8 Å². The lowest BCUT2D eigenvalue weighted by Crippen LogP contribution is -2.36. The molecule has 4 heteroatoms. The topological polar surface area (TPSA) is 37.8 Å². The normalized spacial score (nSPS) is 17.6. The van der Waals surface area contributed by atoms with Crippen LogP contribution in [0.25, 0.3) is 0 Å². The van der Waals surface area contributed by atoms with Gasteiger partial charge in [0.15, 0.2) is 0 Å². The zero-order chi connectivity index (χ0) is 12.3. The molecule has 1 N–H and O–H groups in total. The lowest BCUT2D eigenvalue weighted by Gasteiger charge is -2.20. The Morgan fingerprint density at radius 3 is 2.76 bits per heavy atom. The van der Waals surface area contributed by atoms with Gasteiger partial charge in [0, 0.05) is 18.4 Å². The fraction of sp³-hybridized carbons (Fsp3) is 0.846. The Labute approximate surface area is 108 Å². The Morgan fingerprint density at radius 1 is 1.41 bits per heavy atom. The summed E-state index contributed by atoms with van der Waals surface area (Å²) >= 11 is 1.60. The molecule has 96 valence electrons. The van der Waals surface area contributed by atoms with Gasteiger partial charge >= 0.3 is 0 Å². The average molecular weight is 253 g/mol. The van der Waals surface area contributed by atoms with Gasteiger partial charge in [-0.25, -0.2) is 4.98 Å². The molecule has 0 bridgehead atoms. The number of nitrogens with zero attached hydrogens (tertiary/aromatic N) is 2. The third kappa shape index (κ3) is 3.75. The Morgan fingerprint density at radius 2 is 2.18 bits per heavy atom. The van der Waals surface area contributed by atoms with E-state index < -0.39 is 0 Å². The van der Waals surface area contributed by atoms with Gasteiger partial charge < -0.3 is 5.32 Å². The van der Waals surface area contributed by atoms with E-state index in [9.17, 15) is 0 Å². The monoisotopic (exact) mass is 253 g/mol. The summed E-state index contributed by atoms with van der Waals surface area (Å²) < 4.78 is 4.47. The molecule has 0 saturated heterocycles. The van der Waals surface area contributed by atoms with Gasteiger partial charge in [0.1, 0.15) is 10.8 Å². The van der Waals surface area contributed by atoms with Crippen LogP contribution in [0.2, 0.25) is 0 Å². The summed E-state index contributed by atoms with van der Waals surface area (Å²) in [6, 6.07) is 0.537. The van der Waals surface area contributed by atoms with Crippen molar-refractivity contribution in [1.29, 1.82) is 0 Å². The smallest absolute Gasteiger partial charge is 0.145 e. The van der Waals surface area contributed by atoms with Crippen molar-refractivity contribution in [2.45, 2.75) is 58.4 Å². The standard InChI is InChI=1S/C13H23N3S/c1-4-7-14-11(9(2)3)8-12-15-13(16-17-12)10-5-6-10/h9-11,14H,4-8H2,1-3H3. The molecule has 17 heavy (non-hydrogen) atoms. The van der Waals surface area contributed by atoms with E-state index in [2.05, 4.69) is 35.4 Å². The van der Waals surface area contributed by atoms with Crippen molar-refractivity contribution in [3.05, 3.63) is 10.8 Å². The molecular weight excluding hydrogens is 230 g/mol. The van der Waals surface area contributed by atoms with Crippen molar-refractivity contribution in [1.82, 2.24) is 14.7 Å². The lowest BCUT2D eigenvalue weighted by atomic mass is 10.0. The van der Waals surface area contributed by atoms with Crippen LogP contribution in [0.5, 0.6) is 0 Å². The quantitative estimate of drug-likeness (QED) is 0.812. The van der Waals surface area contributed by atoms with Crippen LogP contribution in [-0.2, 0) is 6.42 Å². The highest BCUT2D eigenvalue weighted by Crippen LogP contribution is 2.38. The maximum absolute atomic E-state index is 4.67. The van der Waals surface area contributed by atoms with Crippen molar-refractivity contribution >= 4 is 11.5 Å². The maximum atomic E-state index is 4.67. The Bertz CT molecular complexity index is 344. The van der Waals surface area contributed by atoms with Gasteiger partial charge in [0.05, 0.1) is 0 Å². The van der Waals surface area contributed by atoms with E-state index in [0.29, 0.717) is 17.9 Å². The Kier molecular flexibility index (Phi) is 4.51. The predicted molar refractivity (Wildman–Crippen MR) is 72.5 cm³/mol. The minimum atomic E-state index is 0.537. The van der Waals surface area contributed by atoms with Crippen molar-refractivity contribution in [2.75, 3.05) is 6.54 Å². The second kappa shape index (κ2) is 5.91. The number of rotatable bonds is 7. The molecule has 1 unspecified atom stereocenters. The van der Waals surface area contributed by atoms with E-state index >= 15 is 0 Å². The highest BCUT2D eigenvalue weighted by molar-refractivity contribution is 7.05. The van der Waals surface area contributed by atoms with Crippen molar-refractivity contribution in [3.8, 4) is 0 Å². The minimum Gasteiger partial charge on any atom is -0.313 e. The molecule has 0 radical (unpaired) electrons. The largest absolute Gasteiger partial charge is 0.313 e. The number of nitrogens with one attached hydrogen (secondary N) is 1. The van der Waals surface area contributed by atoms with Crippen LogP contribution < -0.4 is 5.32 Å². The molecule has 1 aliphatic rings. The van der Waals surface area contributed by atoms with Crippen LogP contribution in [0, 0.1) is 5.92 Å². The molecule has 1 aliphatic carbocycles. The van der Waals surface area contributed by atoms with E-state index in [4.69, 9.17) is 0 Å². The van der Waals surface area contributed by atoms with Gasteiger partial charge in [-0.2, -0.15) is 4.37 Å². The molecule has 0 aromatic carbocycles. The number of hydrogen-bond donors (Lipinski definition) is 1. The molecule has 1 atom stereocenters. The Balaban J connectivity index is 1.90. The van der Waals surface area contributed by atoms with E-state index in [1.54, 1.807) is 11.5 Å². The van der Waals surface area contributed by atoms with Gasteiger partial charge in [-0.1, -0.05) is 20.8 Å². The summed E-state index contributed by atoms with van der Waals surface area (Å²) in [5.74, 6) is 2.43. The summed E-state index contributed by atoms with van der Waals surface area (Å²) in [4.78, 5) is 4.67. The summed E-state index contributed by atoms with van der Waals surface area (Å²) in [5.41, 5.74) is 0. The summed E-state index contributed by atoms with van der Waals surface area (Å²) in [6.45, 7) is 7.85. The molecule has 0 aliphatic heterocycles. The maximum Gasteiger partial charge on any atom is 0.145 e. The fourth-order valence-electron chi connectivity index (χ4n) is 1.92. The van der Waals surface area contributed by atoms with Gasteiger partial charge in [-0.05, 0) is 43.3 Å². The molecule has 0 amide bonds. The highest BCUT2D eigenvalue weighted by Gasteiger charge is 2.28. The van der Waals surface area contributed by atoms with E-state index in [1.807, 2.05) is 0 Å². The van der Waals surface area contributed by atoms with Crippen LogP contribution in [-0.4, -0.2) is 21.9 Å². The van der Waals surface area contributed by atoms with Gasteiger partial charge in [-0.3, -0.25) is 0 Å². The molecule has 0 spiro atoms. The van der Waals surface area contributed by atoms with Crippen LogP contribution >= 0.6 is 11.5 Å². The first kappa shape index (κ1) is 13.0. The zero-order valence-corrected chi connectivity index (χ0v) is 11.9. The first-order valence-corrected chi connectivity index (χ1v) is 7.54. The molecule has 1 fully saturated rings. The second-order valence-electron chi connectivity index (χ2n) is 5.33. The summed E-state index contributed by atoms with van der Waals surface area (Å²) in [6.07, 6.45) is 4.80.